The van der Waals surface area contributed by atoms with E-state index in [0.29, 0.717) is 12.8 Å². The first-order valence-electron chi connectivity index (χ1n) is 4.82. The quantitative estimate of drug-likeness (QED) is 0.580. The van der Waals surface area contributed by atoms with Crippen LogP contribution in [0.25, 0.3) is 0 Å². The van der Waals surface area contributed by atoms with Gasteiger partial charge in [0.25, 0.3) is 0 Å². The number of carbonyl (C=O) groups is 1. The summed E-state index contributed by atoms with van der Waals surface area (Å²) < 4.78 is 0. The number of benzene rings is 1. The number of rotatable bonds is 5. The Hall–Kier alpha value is -0.730. The highest BCUT2D eigenvalue weighted by atomic mass is 35.5. The molecule has 0 radical (unpaired) electrons. The van der Waals surface area contributed by atoms with E-state index in [1.807, 2.05) is 37.3 Å². The number of hydrogen-bond acceptors (Lipinski definition) is 2. The summed E-state index contributed by atoms with van der Waals surface area (Å²) in [7, 11) is 0. The predicted molar refractivity (Wildman–Crippen MR) is 67.4 cm³/mol. The molecule has 1 atom stereocenters. The Kier molecular flexibility index (Phi) is 4.92. The van der Waals surface area contributed by atoms with Gasteiger partial charge in [-0.2, -0.15) is 0 Å². The molecule has 80 valence electrons. The normalized spacial score (nSPS) is 12.1. The minimum atomic E-state index is -0.303. The van der Waals surface area contributed by atoms with Crippen molar-refractivity contribution in [3.63, 3.8) is 0 Å². The summed E-state index contributed by atoms with van der Waals surface area (Å²) in [6, 6.07) is 9.84. The van der Waals surface area contributed by atoms with Crippen molar-refractivity contribution in [2.75, 3.05) is 0 Å². The van der Waals surface area contributed by atoms with Crippen molar-refractivity contribution in [3.05, 3.63) is 35.9 Å². The van der Waals surface area contributed by atoms with Crippen molar-refractivity contribution in [2.24, 2.45) is 5.92 Å². The van der Waals surface area contributed by atoms with Crippen molar-refractivity contribution in [1.82, 2.24) is 0 Å². The van der Waals surface area contributed by atoms with E-state index in [1.165, 1.54) is 0 Å². The van der Waals surface area contributed by atoms with Crippen molar-refractivity contribution >= 4 is 33.9 Å². The van der Waals surface area contributed by atoms with Crippen LogP contribution in [-0.4, -0.2) is 10.1 Å². The van der Waals surface area contributed by atoms with Crippen LogP contribution in [0.15, 0.2) is 30.3 Å². The zero-order valence-corrected chi connectivity index (χ0v) is 10.1. The molecule has 0 fully saturated rings. The van der Waals surface area contributed by atoms with E-state index in [4.69, 9.17) is 23.8 Å². The molecule has 1 aromatic carbocycles. The molecule has 0 saturated carbocycles. The molecule has 15 heavy (non-hydrogen) atoms. The van der Waals surface area contributed by atoms with Crippen LogP contribution in [0.2, 0.25) is 0 Å². The summed E-state index contributed by atoms with van der Waals surface area (Å²) in [6.45, 7) is 1.84. The third-order valence-corrected chi connectivity index (χ3v) is 2.66. The molecule has 0 spiro atoms. The highest BCUT2D eigenvalue weighted by Crippen LogP contribution is 2.16. The highest BCUT2D eigenvalue weighted by Gasteiger charge is 2.17. The van der Waals surface area contributed by atoms with Gasteiger partial charge in [0.15, 0.2) is 0 Å². The summed E-state index contributed by atoms with van der Waals surface area (Å²) >= 11 is 10.5. The minimum absolute atomic E-state index is 0.188. The number of halogens is 1. The second kappa shape index (κ2) is 5.99. The molecule has 0 amide bonds. The lowest BCUT2D eigenvalue weighted by Crippen LogP contribution is -2.14. The van der Waals surface area contributed by atoms with Gasteiger partial charge in [-0.3, -0.25) is 4.79 Å². The first-order valence-corrected chi connectivity index (χ1v) is 5.61. The fourth-order valence-electron chi connectivity index (χ4n) is 1.48. The third kappa shape index (κ3) is 4.54. The number of hydrogen-bond donors (Lipinski definition) is 0. The van der Waals surface area contributed by atoms with Gasteiger partial charge in [0, 0.05) is 5.92 Å². The second-order valence-electron chi connectivity index (χ2n) is 3.60. The van der Waals surface area contributed by atoms with Gasteiger partial charge in [0.05, 0.1) is 0 Å². The van der Waals surface area contributed by atoms with Gasteiger partial charge in [0.2, 0.25) is 5.24 Å². The van der Waals surface area contributed by atoms with E-state index in [-0.39, 0.29) is 11.2 Å². The minimum Gasteiger partial charge on any atom is -0.281 e. The molecule has 0 aliphatic heterocycles. The second-order valence-corrected chi connectivity index (χ2v) is 4.67. The molecular weight excluding hydrogens is 228 g/mol. The van der Waals surface area contributed by atoms with Gasteiger partial charge in [0.1, 0.15) is 0 Å². The van der Waals surface area contributed by atoms with Crippen LogP contribution >= 0.6 is 23.8 Å². The molecule has 1 nitrogen and oxygen atoms in total. The van der Waals surface area contributed by atoms with E-state index >= 15 is 0 Å². The molecular formula is C12H13ClOS. The monoisotopic (exact) mass is 240 g/mol. The van der Waals surface area contributed by atoms with Gasteiger partial charge in [-0.1, -0.05) is 42.5 Å². The van der Waals surface area contributed by atoms with E-state index in [0.717, 1.165) is 10.4 Å². The Morgan fingerprint density at radius 2 is 2.00 bits per heavy atom. The van der Waals surface area contributed by atoms with Crippen LogP contribution in [0.4, 0.5) is 0 Å². The topological polar surface area (TPSA) is 17.1 Å². The average Bonchev–Trinajstić information content (AvgIpc) is 2.17. The fraction of sp³-hybridized carbons (Fsp3) is 0.333. The van der Waals surface area contributed by atoms with Crippen molar-refractivity contribution in [2.45, 2.75) is 19.8 Å². The Bertz CT molecular complexity index is 348. The summed E-state index contributed by atoms with van der Waals surface area (Å²) in [4.78, 5) is 12.0. The Labute approximate surface area is 100 Å². The van der Waals surface area contributed by atoms with Gasteiger partial charge in [-0.25, -0.2) is 0 Å². The molecule has 1 unspecified atom stereocenters. The van der Waals surface area contributed by atoms with Crippen LogP contribution in [0.5, 0.6) is 0 Å². The zero-order valence-electron chi connectivity index (χ0n) is 8.57. The van der Waals surface area contributed by atoms with Crippen LogP contribution in [0.3, 0.4) is 0 Å². The van der Waals surface area contributed by atoms with Crippen molar-refractivity contribution in [3.8, 4) is 0 Å². The van der Waals surface area contributed by atoms with E-state index in [9.17, 15) is 4.79 Å². The zero-order chi connectivity index (χ0) is 11.3. The summed E-state index contributed by atoms with van der Waals surface area (Å²) in [5.41, 5.74) is 1.12. The molecule has 0 heterocycles. The lowest BCUT2D eigenvalue weighted by molar-refractivity contribution is -0.114. The predicted octanol–water partition coefficient (Wildman–Crippen LogP) is 3.39. The smallest absolute Gasteiger partial charge is 0.225 e. The highest BCUT2D eigenvalue weighted by molar-refractivity contribution is 7.80. The first-order chi connectivity index (χ1) is 7.09. The summed E-state index contributed by atoms with van der Waals surface area (Å²) in [5, 5.41) is -0.303. The Balaban J connectivity index is 2.67. The molecule has 0 N–H and O–H groups in total. The molecule has 0 aliphatic rings. The Morgan fingerprint density at radius 3 is 2.47 bits per heavy atom. The molecule has 1 rings (SSSR count). The van der Waals surface area contributed by atoms with Crippen molar-refractivity contribution in [1.29, 1.82) is 0 Å². The van der Waals surface area contributed by atoms with E-state index in [2.05, 4.69) is 0 Å². The number of carbonyl (C=O) groups excluding carboxylic acids is 1. The summed E-state index contributed by atoms with van der Waals surface area (Å²) in [6.07, 6.45) is 1.25. The SMILES string of the molecule is CC(=S)CC(Cc1ccccc1)C(=O)Cl. The first kappa shape index (κ1) is 12.3. The van der Waals surface area contributed by atoms with Crippen LogP contribution in [0.1, 0.15) is 18.9 Å². The van der Waals surface area contributed by atoms with Crippen molar-refractivity contribution < 1.29 is 4.79 Å². The molecule has 0 saturated heterocycles. The van der Waals surface area contributed by atoms with Crippen LogP contribution in [0, 0.1) is 5.92 Å². The molecule has 0 bridgehead atoms. The largest absolute Gasteiger partial charge is 0.281 e. The van der Waals surface area contributed by atoms with Crippen LogP contribution < -0.4 is 0 Å². The molecule has 0 aliphatic carbocycles. The Morgan fingerprint density at radius 1 is 1.40 bits per heavy atom. The van der Waals surface area contributed by atoms with Gasteiger partial charge in [-0.05, 0) is 41.8 Å². The maximum Gasteiger partial charge on any atom is 0.225 e. The lowest BCUT2D eigenvalue weighted by atomic mass is 9.96. The van der Waals surface area contributed by atoms with Crippen LogP contribution in [-0.2, 0) is 11.2 Å². The third-order valence-electron chi connectivity index (χ3n) is 2.18. The molecule has 1 aromatic rings. The molecule has 0 aromatic heterocycles. The van der Waals surface area contributed by atoms with E-state index in [1.54, 1.807) is 0 Å². The number of thiocarbonyl (C=S) groups is 1. The lowest BCUT2D eigenvalue weighted by Gasteiger charge is -2.11. The summed E-state index contributed by atoms with van der Waals surface area (Å²) in [5.74, 6) is -0.188. The fourth-order valence-corrected chi connectivity index (χ4v) is 1.83. The van der Waals surface area contributed by atoms with Gasteiger partial charge >= 0.3 is 0 Å². The van der Waals surface area contributed by atoms with E-state index < -0.39 is 0 Å². The standard InChI is InChI=1S/C12H13ClOS/c1-9(15)7-11(12(13)14)8-10-5-3-2-4-6-10/h2-6,11H,7-8H2,1H3. The maximum absolute atomic E-state index is 11.2. The molecule has 3 heteroatoms. The maximum atomic E-state index is 11.2. The average molecular weight is 241 g/mol. The van der Waals surface area contributed by atoms with Gasteiger partial charge in [-0.15, -0.1) is 0 Å². The van der Waals surface area contributed by atoms with Gasteiger partial charge < -0.3 is 0 Å².